The number of fused-ring (bicyclic) bond motifs is 1. The molecule has 1 aliphatic carbocycles. The van der Waals surface area contributed by atoms with E-state index in [4.69, 9.17) is 4.74 Å². The summed E-state index contributed by atoms with van der Waals surface area (Å²) in [5.41, 5.74) is 4.40. The third-order valence-electron chi connectivity index (χ3n) is 7.77. The molecular weight excluding hydrogens is 448 g/mol. The van der Waals surface area contributed by atoms with Crippen molar-refractivity contribution in [2.75, 3.05) is 32.1 Å². The molecule has 5 heteroatoms. The first-order valence-corrected chi connectivity index (χ1v) is 13.0. The lowest BCUT2D eigenvalue weighted by Crippen LogP contribution is -2.35. The molecule has 2 aliphatic rings. The molecule has 1 unspecified atom stereocenters. The van der Waals surface area contributed by atoms with Crippen LogP contribution in [-0.4, -0.2) is 43.3 Å². The molecule has 3 aromatic carbocycles. The maximum Gasteiger partial charge on any atom is 0.255 e. The largest absolute Gasteiger partial charge is 0.495 e. The summed E-state index contributed by atoms with van der Waals surface area (Å²) < 4.78 is 5.33. The van der Waals surface area contributed by atoms with Crippen LogP contribution in [0.1, 0.15) is 63.4 Å². The minimum absolute atomic E-state index is 0.0672. The first kappa shape index (κ1) is 24.3. The first-order valence-electron chi connectivity index (χ1n) is 13.0. The number of likely N-dealkylation sites (tertiary alicyclic amines) is 1. The van der Waals surface area contributed by atoms with Crippen molar-refractivity contribution in [2.24, 2.45) is 5.92 Å². The molecule has 36 heavy (non-hydrogen) atoms. The van der Waals surface area contributed by atoms with E-state index in [-0.39, 0.29) is 17.6 Å². The molecule has 0 aromatic heterocycles. The predicted octanol–water partition coefficient (Wildman–Crippen LogP) is 5.96. The van der Waals surface area contributed by atoms with Crippen LogP contribution < -0.4 is 10.1 Å². The van der Waals surface area contributed by atoms with Gasteiger partial charge in [0.15, 0.2) is 5.78 Å². The Hall–Kier alpha value is -3.44. The van der Waals surface area contributed by atoms with Gasteiger partial charge in [0.25, 0.3) is 5.91 Å². The number of anilines is 1. The van der Waals surface area contributed by atoms with Gasteiger partial charge in [-0.15, -0.1) is 0 Å². The molecule has 1 atom stereocenters. The molecule has 186 valence electrons. The molecule has 0 bridgehead atoms. The van der Waals surface area contributed by atoms with Crippen LogP contribution in [0.15, 0.2) is 72.8 Å². The van der Waals surface area contributed by atoms with Gasteiger partial charge in [-0.05, 0) is 93.0 Å². The van der Waals surface area contributed by atoms with Gasteiger partial charge < -0.3 is 15.0 Å². The summed E-state index contributed by atoms with van der Waals surface area (Å²) >= 11 is 0. The van der Waals surface area contributed by atoms with Gasteiger partial charge in [-0.3, -0.25) is 9.59 Å². The minimum atomic E-state index is -0.198. The fraction of sp³-hybridized carbons (Fsp3) is 0.355. The van der Waals surface area contributed by atoms with Crippen LogP contribution in [-0.2, 0) is 6.42 Å². The summed E-state index contributed by atoms with van der Waals surface area (Å²) in [6.07, 6.45) is 4.96. The molecule has 1 N–H and O–H groups in total. The Balaban J connectivity index is 1.16. The van der Waals surface area contributed by atoms with Gasteiger partial charge in [0.05, 0.1) is 12.8 Å². The lowest BCUT2D eigenvalue weighted by molar-refractivity contribution is 0.0876. The van der Waals surface area contributed by atoms with Crippen molar-refractivity contribution in [3.63, 3.8) is 0 Å². The van der Waals surface area contributed by atoms with Crippen molar-refractivity contribution in [1.29, 1.82) is 0 Å². The average molecular weight is 483 g/mol. The van der Waals surface area contributed by atoms with Crippen LogP contribution in [0.2, 0.25) is 0 Å². The summed E-state index contributed by atoms with van der Waals surface area (Å²) in [4.78, 5) is 28.6. The van der Waals surface area contributed by atoms with E-state index in [1.165, 1.54) is 18.4 Å². The zero-order valence-electron chi connectivity index (χ0n) is 20.9. The summed E-state index contributed by atoms with van der Waals surface area (Å²) in [5.74, 6) is 1.37. The van der Waals surface area contributed by atoms with E-state index in [1.54, 1.807) is 13.2 Å². The topological polar surface area (TPSA) is 58.6 Å². The predicted molar refractivity (Wildman–Crippen MR) is 143 cm³/mol. The average Bonchev–Trinajstić information content (AvgIpc) is 2.93. The molecular formula is C31H34N2O3. The number of Topliss-reactive ketones (excluding diaryl/α,β-unsaturated/α-hetero) is 1. The van der Waals surface area contributed by atoms with Gasteiger partial charge in [-0.1, -0.05) is 48.5 Å². The highest BCUT2D eigenvalue weighted by atomic mass is 16.5. The summed E-state index contributed by atoms with van der Waals surface area (Å²) in [5, 5.41) is 2.92. The second-order valence-electron chi connectivity index (χ2n) is 9.94. The summed E-state index contributed by atoms with van der Waals surface area (Å²) in [6, 6.07) is 23.6. The van der Waals surface area contributed by atoms with Crippen molar-refractivity contribution in [1.82, 2.24) is 4.90 Å². The molecule has 3 aromatic rings. The van der Waals surface area contributed by atoms with E-state index < -0.39 is 0 Å². The maximum absolute atomic E-state index is 13.2. The highest BCUT2D eigenvalue weighted by Gasteiger charge is 2.29. The van der Waals surface area contributed by atoms with E-state index >= 15 is 0 Å². The Kier molecular flexibility index (Phi) is 7.47. The molecule has 1 aliphatic heterocycles. The number of benzene rings is 3. The molecule has 0 saturated carbocycles. The molecule has 0 spiro atoms. The molecule has 5 nitrogen and oxygen atoms in total. The molecule has 5 rings (SSSR count). The zero-order valence-corrected chi connectivity index (χ0v) is 20.9. The standard InChI is InChI=1S/C31H34N2O3/c1-36-29-10-6-5-9-28(29)32-31(35)26-13-14-27-25(21-26)12-11-24(30(27)34)17-20-33-18-15-23(16-19-33)22-7-3-2-4-8-22/h2-10,13-14,21,23-24H,11-12,15-20H2,1H3,(H,32,35). The quantitative estimate of drug-likeness (QED) is 0.451. The zero-order chi connectivity index (χ0) is 24.9. The number of ketones is 1. The smallest absolute Gasteiger partial charge is 0.255 e. The van der Waals surface area contributed by atoms with Crippen LogP contribution in [0.5, 0.6) is 5.75 Å². The fourth-order valence-electron chi connectivity index (χ4n) is 5.63. The van der Waals surface area contributed by atoms with Crippen molar-refractivity contribution >= 4 is 17.4 Å². The number of nitrogens with zero attached hydrogens (tertiary/aromatic N) is 1. The van der Waals surface area contributed by atoms with Gasteiger partial charge in [0.1, 0.15) is 5.75 Å². The van der Waals surface area contributed by atoms with E-state index in [9.17, 15) is 9.59 Å². The molecule has 1 fully saturated rings. The monoisotopic (exact) mass is 482 g/mol. The van der Waals surface area contributed by atoms with E-state index in [0.717, 1.165) is 50.0 Å². The van der Waals surface area contributed by atoms with Gasteiger partial charge >= 0.3 is 0 Å². The number of para-hydroxylation sites is 2. The third-order valence-corrected chi connectivity index (χ3v) is 7.77. The van der Waals surface area contributed by atoms with Gasteiger partial charge in [-0.25, -0.2) is 0 Å². The molecule has 1 amide bonds. The maximum atomic E-state index is 13.2. The number of carbonyl (C=O) groups is 2. The molecule has 1 heterocycles. The summed E-state index contributed by atoms with van der Waals surface area (Å²) in [6.45, 7) is 3.18. The Labute approximate surface area is 213 Å². The third kappa shape index (κ3) is 5.36. The highest BCUT2D eigenvalue weighted by molar-refractivity contribution is 6.07. The van der Waals surface area contributed by atoms with Gasteiger partial charge in [0.2, 0.25) is 0 Å². The number of carbonyl (C=O) groups excluding carboxylic acids is 2. The van der Waals surface area contributed by atoms with Crippen LogP contribution in [0, 0.1) is 5.92 Å². The summed E-state index contributed by atoms with van der Waals surface area (Å²) in [7, 11) is 1.58. The second-order valence-corrected chi connectivity index (χ2v) is 9.94. The number of ether oxygens (including phenoxy) is 1. The van der Waals surface area contributed by atoms with Crippen molar-refractivity contribution < 1.29 is 14.3 Å². The molecule has 0 radical (unpaired) electrons. The van der Waals surface area contributed by atoms with Crippen LogP contribution >= 0.6 is 0 Å². The molecule has 1 saturated heterocycles. The van der Waals surface area contributed by atoms with Crippen LogP contribution in [0.4, 0.5) is 5.69 Å². The normalized spacial score (nSPS) is 18.5. The first-order chi connectivity index (χ1) is 17.6. The number of nitrogens with one attached hydrogen (secondary N) is 1. The van der Waals surface area contributed by atoms with Crippen LogP contribution in [0.25, 0.3) is 0 Å². The number of aryl methyl sites for hydroxylation is 1. The minimum Gasteiger partial charge on any atom is -0.495 e. The van der Waals surface area contributed by atoms with Gasteiger partial charge in [0, 0.05) is 17.0 Å². The Morgan fingerprint density at radius 1 is 0.972 bits per heavy atom. The van der Waals surface area contributed by atoms with Crippen molar-refractivity contribution in [3.05, 3.63) is 95.1 Å². The van der Waals surface area contributed by atoms with E-state index in [1.807, 2.05) is 36.4 Å². The number of rotatable bonds is 7. The van der Waals surface area contributed by atoms with Crippen molar-refractivity contribution in [3.8, 4) is 5.75 Å². The van der Waals surface area contributed by atoms with E-state index in [2.05, 4.69) is 40.5 Å². The van der Waals surface area contributed by atoms with Crippen LogP contribution in [0.3, 0.4) is 0 Å². The highest BCUT2D eigenvalue weighted by Crippen LogP contribution is 2.31. The number of piperidine rings is 1. The SMILES string of the molecule is COc1ccccc1NC(=O)c1ccc2c(c1)CCC(CCN1CCC(c3ccccc3)CC1)C2=O. The number of methoxy groups -OCH3 is 1. The number of hydrogen-bond acceptors (Lipinski definition) is 4. The van der Waals surface area contributed by atoms with Gasteiger partial charge in [-0.2, -0.15) is 0 Å². The second kappa shape index (κ2) is 11.1. The lowest BCUT2D eigenvalue weighted by Gasteiger charge is -2.33. The fourth-order valence-corrected chi connectivity index (χ4v) is 5.63. The Morgan fingerprint density at radius 3 is 2.50 bits per heavy atom. The lowest BCUT2D eigenvalue weighted by atomic mass is 9.80. The van der Waals surface area contributed by atoms with Crippen molar-refractivity contribution in [2.45, 2.75) is 38.0 Å². The Morgan fingerprint density at radius 2 is 1.72 bits per heavy atom. The van der Waals surface area contributed by atoms with E-state index in [0.29, 0.717) is 22.9 Å². The Bertz CT molecular complexity index is 1220. The number of hydrogen-bond donors (Lipinski definition) is 1. The number of amides is 1.